The van der Waals surface area contributed by atoms with Gasteiger partial charge in [0.2, 0.25) is 0 Å². The fourth-order valence-electron chi connectivity index (χ4n) is 2.53. The summed E-state index contributed by atoms with van der Waals surface area (Å²) in [5.74, 6) is 1.02. The quantitative estimate of drug-likeness (QED) is 0.712. The van der Waals surface area contributed by atoms with Gasteiger partial charge in [-0.3, -0.25) is 9.36 Å². The molecule has 3 aromatic rings. The fraction of sp³-hybridized carbons (Fsp3) is 0.111. The van der Waals surface area contributed by atoms with E-state index in [-0.39, 0.29) is 10.5 Å². The van der Waals surface area contributed by atoms with Crippen molar-refractivity contribution < 1.29 is 9.94 Å². The average molecular weight is 339 g/mol. The van der Waals surface area contributed by atoms with Crippen molar-refractivity contribution in [3.05, 3.63) is 75.4 Å². The topological polar surface area (TPSA) is 85.5 Å². The Morgan fingerprint density at radius 1 is 1.04 bits per heavy atom. The number of aromatic nitrogens is 2. The van der Waals surface area contributed by atoms with Crippen LogP contribution in [-0.2, 0) is 7.05 Å². The van der Waals surface area contributed by atoms with Crippen LogP contribution in [0.3, 0.4) is 0 Å². The minimum absolute atomic E-state index is 0.0659. The molecule has 7 nitrogen and oxygen atoms in total. The van der Waals surface area contributed by atoms with Crippen molar-refractivity contribution in [2.75, 3.05) is 12.4 Å². The van der Waals surface area contributed by atoms with Crippen LogP contribution >= 0.6 is 0 Å². The highest BCUT2D eigenvalue weighted by Gasteiger charge is 2.09. The molecule has 0 fully saturated rings. The Hall–Kier alpha value is -3.48. The number of benzene rings is 2. The minimum Gasteiger partial charge on any atom is -0.496 e. The molecule has 3 rings (SSSR count). The predicted molar refractivity (Wildman–Crippen MR) is 94.8 cm³/mol. The Balaban J connectivity index is 2.01. The smallest absolute Gasteiger partial charge is 0.365 e. The van der Waals surface area contributed by atoms with Gasteiger partial charge in [0, 0.05) is 24.4 Å². The largest absolute Gasteiger partial charge is 0.496 e. The van der Waals surface area contributed by atoms with E-state index in [4.69, 9.17) is 4.74 Å². The normalized spacial score (nSPS) is 10.5. The van der Waals surface area contributed by atoms with E-state index in [9.17, 15) is 14.8 Å². The molecule has 0 aliphatic heterocycles. The highest BCUT2D eigenvalue weighted by molar-refractivity contribution is 5.74. The summed E-state index contributed by atoms with van der Waals surface area (Å²) in [5, 5.41) is 12.4. The second kappa shape index (κ2) is 6.56. The Morgan fingerprint density at radius 3 is 2.56 bits per heavy atom. The number of para-hydroxylation sites is 1. The van der Waals surface area contributed by atoms with Crippen molar-refractivity contribution in [2.24, 2.45) is 7.05 Å². The molecule has 2 N–H and O–H groups in total. The molecule has 25 heavy (non-hydrogen) atoms. The molecule has 0 atom stereocenters. The Morgan fingerprint density at radius 2 is 1.80 bits per heavy atom. The number of hydrogen-bond donors (Lipinski definition) is 2. The SMILES string of the molecule is COc1ccccc1-c1cccc(Nc2cc(=O)n(O)c(=O)n2C)c1. The third kappa shape index (κ3) is 3.12. The van der Waals surface area contributed by atoms with Crippen LogP contribution in [0.5, 0.6) is 5.75 Å². The van der Waals surface area contributed by atoms with E-state index in [0.29, 0.717) is 5.69 Å². The lowest BCUT2D eigenvalue weighted by molar-refractivity contribution is 0.156. The van der Waals surface area contributed by atoms with E-state index < -0.39 is 11.2 Å². The fourth-order valence-corrected chi connectivity index (χ4v) is 2.53. The lowest BCUT2D eigenvalue weighted by atomic mass is 10.0. The molecular formula is C18H17N3O4. The molecule has 0 aliphatic carbocycles. The first-order chi connectivity index (χ1) is 12.0. The maximum absolute atomic E-state index is 11.8. The molecular weight excluding hydrogens is 322 g/mol. The maximum atomic E-state index is 11.8. The number of methoxy groups -OCH3 is 1. The maximum Gasteiger partial charge on any atom is 0.365 e. The molecule has 1 heterocycles. The van der Waals surface area contributed by atoms with Crippen molar-refractivity contribution >= 4 is 11.5 Å². The summed E-state index contributed by atoms with van der Waals surface area (Å²) in [6.07, 6.45) is 0. The van der Waals surface area contributed by atoms with Crippen LogP contribution in [0.4, 0.5) is 11.5 Å². The van der Waals surface area contributed by atoms with Gasteiger partial charge in [0.05, 0.1) is 7.11 Å². The van der Waals surface area contributed by atoms with Gasteiger partial charge in [-0.05, 0) is 23.8 Å². The highest BCUT2D eigenvalue weighted by Crippen LogP contribution is 2.31. The summed E-state index contributed by atoms with van der Waals surface area (Å²) in [4.78, 5) is 23.4. The zero-order valence-electron chi connectivity index (χ0n) is 13.8. The third-order valence-electron chi connectivity index (χ3n) is 3.85. The molecule has 7 heteroatoms. The third-order valence-corrected chi connectivity index (χ3v) is 3.85. The van der Waals surface area contributed by atoms with Crippen molar-refractivity contribution in [3.8, 4) is 16.9 Å². The molecule has 2 aromatic carbocycles. The van der Waals surface area contributed by atoms with E-state index in [0.717, 1.165) is 27.5 Å². The van der Waals surface area contributed by atoms with Gasteiger partial charge in [0.15, 0.2) is 0 Å². The Kier molecular flexibility index (Phi) is 4.30. The molecule has 1 aromatic heterocycles. The van der Waals surface area contributed by atoms with E-state index >= 15 is 0 Å². The lowest BCUT2D eigenvalue weighted by Gasteiger charge is -2.13. The average Bonchev–Trinajstić information content (AvgIpc) is 2.64. The molecule has 0 aliphatic rings. The monoisotopic (exact) mass is 339 g/mol. The lowest BCUT2D eigenvalue weighted by Crippen LogP contribution is -2.37. The van der Waals surface area contributed by atoms with E-state index in [1.807, 2.05) is 48.5 Å². The van der Waals surface area contributed by atoms with E-state index in [1.54, 1.807) is 7.11 Å². The summed E-state index contributed by atoms with van der Waals surface area (Å²) in [6, 6.07) is 16.3. The first-order valence-corrected chi connectivity index (χ1v) is 7.54. The molecule has 0 amide bonds. The number of nitrogens with one attached hydrogen (secondary N) is 1. The van der Waals surface area contributed by atoms with Crippen LogP contribution in [-0.4, -0.2) is 21.6 Å². The van der Waals surface area contributed by atoms with Gasteiger partial charge in [-0.15, -0.1) is 0 Å². The zero-order valence-corrected chi connectivity index (χ0v) is 13.8. The first-order valence-electron chi connectivity index (χ1n) is 7.54. The van der Waals surface area contributed by atoms with Gasteiger partial charge >= 0.3 is 5.69 Å². The second-order valence-corrected chi connectivity index (χ2v) is 5.43. The number of nitrogens with zero attached hydrogens (tertiary/aromatic N) is 2. The summed E-state index contributed by atoms with van der Waals surface area (Å²) < 4.78 is 6.60. The zero-order chi connectivity index (χ0) is 18.0. The molecule has 0 bridgehead atoms. The molecule has 0 spiro atoms. The van der Waals surface area contributed by atoms with Gasteiger partial charge < -0.3 is 15.3 Å². The van der Waals surface area contributed by atoms with Crippen LogP contribution in [0.25, 0.3) is 11.1 Å². The summed E-state index contributed by atoms with van der Waals surface area (Å²) in [5.41, 5.74) is 0.909. The van der Waals surface area contributed by atoms with Gasteiger partial charge in [0.1, 0.15) is 11.6 Å². The van der Waals surface area contributed by atoms with Gasteiger partial charge in [-0.25, -0.2) is 4.79 Å². The summed E-state index contributed by atoms with van der Waals surface area (Å²) in [6.45, 7) is 0. The van der Waals surface area contributed by atoms with Crippen molar-refractivity contribution in [2.45, 2.75) is 0 Å². The molecule has 0 radical (unpaired) electrons. The van der Waals surface area contributed by atoms with Crippen molar-refractivity contribution in [1.82, 2.24) is 9.30 Å². The minimum atomic E-state index is -0.823. The summed E-state index contributed by atoms with van der Waals surface area (Å²) in [7, 11) is 3.07. The number of ether oxygens (including phenoxy) is 1. The second-order valence-electron chi connectivity index (χ2n) is 5.43. The highest BCUT2D eigenvalue weighted by atomic mass is 16.5. The molecule has 0 unspecified atom stereocenters. The molecule has 0 saturated heterocycles. The molecule has 0 saturated carbocycles. The van der Waals surface area contributed by atoms with Gasteiger partial charge in [-0.2, -0.15) is 0 Å². The van der Waals surface area contributed by atoms with Crippen molar-refractivity contribution in [3.63, 3.8) is 0 Å². The standard InChI is InChI=1S/C18H17N3O4/c1-20-16(11-17(22)21(24)18(20)23)19-13-7-5-6-12(10-13)14-8-3-4-9-15(14)25-2/h3-11,19,24H,1-2H3. The van der Waals surface area contributed by atoms with Crippen LogP contribution in [0.1, 0.15) is 0 Å². The first kappa shape index (κ1) is 16.4. The molecule has 128 valence electrons. The van der Waals surface area contributed by atoms with Gasteiger partial charge in [0.25, 0.3) is 5.56 Å². The number of rotatable bonds is 4. The van der Waals surface area contributed by atoms with E-state index in [2.05, 4.69) is 5.32 Å². The van der Waals surface area contributed by atoms with Crippen LogP contribution in [0.15, 0.2) is 64.2 Å². The number of anilines is 2. The van der Waals surface area contributed by atoms with Gasteiger partial charge in [-0.1, -0.05) is 35.1 Å². The number of hydrogen-bond acceptors (Lipinski definition) is 5. The Labute approximate surface area is 143 Å². The Bertz CT molecular complexity index is 1040. The van der Waals surface area contributed by atoms with Crippen LogP contribution in [0.2, 0.25) is 0 Å². The van der Waals surface area contributed by atoms with Crippen molar-refractivity contribution in [1.29, 1.82) is 0 Å². The summed E-state index contributed by atoms with van der Waals surface area (Å²) >= 11 is 0. The van der Waals surface area contributed by atoms with Crippen LogP contribution in [0, 0.1) is 0 Å². The predicted octanol–water partition coefficient (Wildman–Crippen LogP) is 2.20. The van der Waals surface area contributed by atoms with E-state index in [1.165, 1.54) is 7.05 Å². The van der Waals surface area contributed by atoms with Crippen LogP contribution < -0.4 is 21.3 Å².